The molecule has 1 atom stereocenters. The number of carbonyl (C=O) groups is 1. The molecule has 0 saturated heterocycles. The Morgan fingerprint density at radius 2 is 1.91 bits per heavy atom. The molecular formula is C8H16O3. The summed E-state index contributed by atoms with van der Waals surface area (Å²) in [5.41, 5.74) is 0. The molecule has 0 amide bonds. The molecule has 0 aromatic heterocycles. The van der Waals surface area contributed by atoms with Crippen molar-refractivity contribution in [1.29, 1.82) is 0 Å². The van der Waals surface area contributed by atoms with Gasteiger partial charge in [0.1, 0.15) is 0 Å². The Balaban J connectivity index is 3.57. The summed E-state index contributed by atoms with van der Waals surface area (Å²) >= 11 is 0. The van der Waals surface area contributed by atoms with Crippen molar-refractivity contribution in [1.82, 2.24) is 0 Å². The molecule has 3 nitrogen and oxygen atoms in total. The molecule has 0 aromatic rings. The molecule has 0 aliphatic carbocycles. The third-order valence-corrected chi connectivity index (χ3v) is 1.15. The molecule has 0 spiro atoms. The Bertz CT molecular complexity index is 121. The quantitative estimate of drug-likeness (QED) is 0.462. The van der Waals surface area contributed by atoms with Crippen molar-refractivity contribution in [3.8, 4) is 0 Å². The fourth-order valence-electron chi connectivity index (χ4n) is 0.568. The van der Waals surface area contributed by atoms with E-state index in [-0.39, 0.29) is 11.9 Å². The summed E-state index contributed by atoms with van der Waals surface area (Å²) in [5.74, 6) is -0.302. The lowest BCUT2D eigenvalue weighted by Gasteiger charge is -2.13. The molecule has 0 heterocycles. The van der Waals surface area contributed by atoms with Crippen molar-refractivity contribution in [2.75, 3.05) is 6.61 Å². The van der Waals surface area contributed by atoms with Crippen LogP contribution in [0.15, 0.2) is 0 Å². The van der Waals surface area contributed by atoms with Crippen LogP contribution >= 0.6 is 0 Å². The number of rotatable bonds is 4. The maximum atomic E-state index is 10.9. The van der Waals surface area contributed by atoms with Crippen LogP contribution in [0, 0.1) is 5.92 Å². The Morgan fingerprint density at radius 3 is 2.27 bits per heavy atom. The van der Waals surface area contributed by atoms with E-state index < -0.39 is 6.29 Å². The summed E-state index contributed by atoms with van der Waals surface area (Å²) in [7, 11) is 0. The maximum absolute atomic E-state index is 10.9. The lowest BCUT2D eigenvalue weighted by Crippen LogP contribution is -2.21. The van der Waals surface area contributed by atoms with Crippen molar-refractivity contribution >= 4 is 5.97 Å². The summed E-state index contributed by atoms with van der Waals surface area (Å²) in [4.78, 5) is 10.9. The molecule has 3 heteroatoms. The van der Waals surface area contributed by atoms with Crippen molar-refractivity contribution in [2.24, 2.45) is 5.92 Å². The Kier molecular flexibility index (Phi) is 4.86. The highest BCUT2D eigenvalue weighted by Gasteiger charge is 2.11. The van der Waals surface area contributed by atoms with Gasteiger partial charge in [-0.2, -0.15) is 0 Å². The van der Waals surface area contributed by atoms with Crippen molar-refractivity contribution < 1.29 is 14.3 Å². The van der Waals surface area contributed by atoms with E-state index in [1.165, 1.54) is 0 Å². The first-order valence-electron chi connectivity index (χ1n) is 3.90. The normalized spacial score (nSPS) is 13.2. The highest BCUT2D eigenvalue weighted by molar-refractivity contribution is 5.71. The average Bonchev–Trinajstić information content (AvgIpc) is 1.87. The molecule has 0 fully saturated rings. The van der Waals surface area contributed by atoms with Crippen LogP contribution in [0.1, 0.15) is 27.7 Å². The van der Waals surface area contributed by atoms with Crippen LogP contribution in [0.5, 0.6) is 0 Å². The zero-order valence-electron chi connectivity index (χ0n) is 7.59. The van der Waals surface area contributed by atoms with Gasteiger partial charge in [-0.25, -0.2) is 0 Å². The lowest BCUT2D eigenvalue weighted by molar-refractivity contribution is -0.177. The van der Waals surface area contributed by atoms with Crippen LogP contribution in [-0.2, 0) is 14.3 Å². The van der Waals surface area contributed by atoms with Gasteiger partial charge in [0.25, 0.3) is 0 Å². The standard InChI is InChI=1S/C8H16O3/c1-5-10-7(4)11-8(9)6(2)3/h6-7H,5H2,1-4H3/t7-/m1/s1. The minimum absolute atomic E-state index is 0.0853. The Hall–Kier alpha value is -0.570. The minimum Gasteiger partial charge on any atom is -0.436 e. The van der Waals surface area contributed by atoms with Gasteiger partial charge in [0.15, 0.2) is 6.29 Å². The number of hydrogen-bond donors (Lipinski definition) is 0. The van der Waals surface area contributed by atoms with Gasteiger partial charge in [-0.3, -0.25) is 4.79 Å². The molecule has 11 heavy (non-hydrogen) atoms. The summed E-state index contributed by atoms with van der Waals surface area (Å²) in [6, 6.07) is 0. The largest absolute Gasteiger partial charge is 0.436 e. The Labute approximate surface area is 67.7 Å². The highest BCUT2D eigenvalue weighted by atomic mass is 16.7. The molecule has 0 bridgehead atoms. The van der Waals surface area contributed by atoms with Crippen molar-refractivity contribution in [3.63, 3.8) is 0 Å². The van der Waals surface area contributed by atoms with Gasteiger partial charge < -0.3 is 9.47 Å². The van der Waals surface area contributed by atoms with Gasteiger partial charge in [-0.1, -0.05) is 13.8 Å². The van der Waals surface area contributed by atoms with Crippen molar-refractivity contribution in [2.45, 2.75) is 34.0 Å². The number of ether oxygens (including phenoxy) is 2. The van der Waals surface area contributed by atoms with Gasteiger partial charge in [-0.15, -0.1) is 0 Å². The van der Waals surface area contributed by atoms with E-state index in [2.05, 4.69) is 0 Å². The third kappa shape index (κ3) is 4.79. The van der Waals surface area contributed by atoms with E-state index in [0.29, 0.717) is 6.61 Å². The zero-order chi connectivity index (χ0) is 8.85. The lowest BCUT2D eigenvalue weighted by atomic mass is 10.2. The van der Waals surface area contributed by atoms with E-state index in [4.69, 9.17) is 9.47 Å². The zero-order valence-corrected chi connectivity index (χ0v) is 7.59. The fourth-order valence-corrected chi connectivity index (χ4v) is 0.568. The van der Waals surface area contributed by atoms with Crippen molar-refractivity contribution in [3.05, 3.63) is 0 Å². The molecule has 0 N–H and O–H groups in total. The van der Waals surface area contributed by atoms with Gasteiger partial charge >= 0.3 is 5.97 Å². The highest BCUT2D eigenvalue weighted by Crippen LogP contribution is 2.00. The summed E-state index contributed by atoms with van der Waals surface area (Å²) in [6.07, 6.45) is -0.421. The fraction of sp³-hybridized carbons (Fsp3) is 0.875. The van der Waals surface area contributed by atoms with E-state index in [1.54, 1.807) is 20.8 Å². The molecule has 0 unspecified atom stereocenters. The molecular weight excluding hydrogens is 144 g/mol. The summed E-state index contributed by atoms with van der Waals surface area (Å²) in [6.45, 7) is 7.72. The molecule has 66 valence electrons. The second kappa shape index (κ2) is 5.13. The van der Waals surface area contributed by atoms with E-state index in [1.807, 2.05) is 6.92 Å². The Morgan fingerprint density at radius 1 is 1.36 bits per heavy atom. The first kappa shape index (κ1) is 10.4. The maximum Gasteiger partial charge on any atom is 0.310 e. The van der Waals surface area contributed by atoms with Crippen LogP contribution in [0.25, 0.3) is 0 Å². The molecule has 0 rings (SSSR count). The number of carbonyl (C=O) groups excluding carboxylic acids is 1. The van der Waals surface area contributed by atoms with Gasteiger partial charge in [0, 0.05) is 6.61 Å². The second-order valence-electron chi connectivity index (χ2n) is 2.61. The van der Waals surface area contributed by atoms with Gasteiger partial charge in [0.2, 0.25) is 0 Å². The van der Waals surface area contributed by atoms with Crippen LogP contribution < -0.4 is 0 Å². The minimum atomic E-state index is -0.421. The van der Waals surface area contributed by atoms with Crippen LogP contribution in [0.4, 0.5) is 0 Å². The van der Waals surface area contributed by atoms with Crippen LogP contribution in [0.2, 0.25) is 0 Å². The predicted octanol–water partition coefficient (Wildman–Crippen LogP) is 1.57. The molecule has 0 aliphatic heterocycles. The number of hydrogen-bond acceptors (Lipinski definition) is 3. The second-order valence-corrected chi connectivity index (χ2v) is 2.61. The van der Waals surface area contributed by atoms with Gasteiger partial charge in [-0.05, 0) is 13.8 Å². The molecule has 0 aromatic carbocycles. The summed E-state index contributed by atoms with van der Waals surface area (Å²) in [5, 5.41) is 0. The van der Waals surface area contributed by atoms with E-state index >= 15 is 0 Å². The monoisotopic (exact) mass is 160 g/mol. The van der Waals surface area contributed by atoms with Gasteiger partial charge in [0.05, 0.1) is 5.92 Å². The first-order chi connectivity index (χ1) is 5.07. The smallest absolute Gasteiger partial charge is 0.310 e. The van der Waals surface area contributed by atoms with Crippen LogP contribution in [0.3, 0.4) is 0 Å². The molecule has 0 saturated carbocycles. The SMILES string of the molecule is CCO[C@@H](C)OC(=O)C(C)C. The van der Waals surface area contributed by atoms with E-state index in [9.17, 15) is 4.79 Å². The third-order valence-electron chi connectivity index (χ3n) is 1.15. The first-order valence-corrected chi connectivity index (χ1v) is 3.90. The molecule has 0 radical (unpaired) electrons. The summed E-state index contributed by atoms with van der Waals surface area (Å²) < 4.78 is 9.91. The predicted molar refractivity (Wildman–Crippen MR) is 42.0 cm³/mol. The number of esters is 1. The van der Waals surface area contributed by atoms with Crippen LogP contribution in [-0.4, -0.2) is 18.9 Å². The average molecular weight is 160 g/mol. The topological polar surface area (TPSA) is 35.5 Å². The molecule has 0 aliphatic rings. The van der Waals surface area contributed by atoms with E-state index in [0.717, 1.165) is 0 Å².